The van der Waals surface area contributed by atoms with Gasteiger partial charge in [-0.15, -0.1) is 0 Å². The molecule has 0 bridgehead atoms. The molecule has 0 atom stereocenters. The summed E-state index contributed by atoms with van der Waals surface area (Å²) in [5.74, 6) is -0.0237. The van der Waals surface area contributed by atoms with Gasteiger partial charge in [-0.1, -0.05) is 0 Å². The number of nitrogens with zero attached hydrogens (tertiary/aromatic N) is 1. The first kappa shape index (κ1) is 9.20. The van der Waals surface area contributed by atoms with Crippen LogP contribution in [0.2, 0.25) is 0 Å². The molecule has 2 heterocycles. The van der Waals surface area contributed by atoms with Crippen LogP contribution in [0.15, 0.2) is 35.4 Å². The van der Waals surface area contributed by atoms with Crippen molar-refractivity contribution in [3.8, 4) is 0 Å². The minimum atomic E-state index is -0.471. The maximum atomic E-state index is 11.6. The number of carbonyl (C=O) groups excluding carboxylic acids is 1. The number of aromatic nitrogens is 3. The highest BCUT2D eigenvalue weighted by atomic mass is 16.2. The van der Waals surface area contributed by atoms with Crippen LogP contribution in [0.4, 0.5) is 5.82 Å². The van der Waals surface area contributed by atoms with Crippen molar-refractivity contribution in [2.45, 2.75) is 0 Å². The van der Waals surface area contributed by atoms with Gasteiger partial charge in [0.1, 0.15) is 11.4 Å². The number of aromatic amines is 2. The smallest absolute Gasteiger partial charge is 0.262 e. The van der Waals surface area contributed by atoms with Crippen LogP contribution < -0.4 is 10.9 Å². The average Bonchev–Trinajstić information content (AvgIpc) is 2.71. The van der Waals surface area contributed by atoms with Gasteiger partial charge in [0.25, 0.3) is 11.5 Å². The van der Waals surface area contributed by atoms with Gasteiger partial charge >= 0.3 is 0 Å². The molecule has 76 valence electrons. The van der Waals surface area contributed by atoms with Crippen LogP contribution in [-0.4, -0.2) is 21.1 Å². The van der Waals surface area contributed by atoms with Gasteiger partial charge < -0.3 is 10.3 Å². The van der Waals surface area contributed by atoms with Crippen LogP contribution in [0, 0.1) is 0 Å². The summed E-state index contributed by atoms with van der Waals surface area (Å²) in [4.78, 5) is 25.2. The van der Waals surface area contributed by atoms with Gasteiger partial charge in [-0.25, -0.2) is 0 Å². The lowest BCUT2D eigenvalue weighted by atomic mass is 10.2. The minimum absolute atomic E-state index is 0.0621. The minimum Gasteiger partial charge on any atom is -0.328 e. The van der Waals surface area contributed by atoms with E-state index in [2.05, 4.69) is 20.5 Å². The summed E-state index contributed by atoms with van der Waals surface area (Å²) < 4.78 is 0. The van der Waals surface area contributed by atoms with E-state index in [0.29, 0.717) is 5.82 Å². The van der Waals surface area contributed by atoms with Gasteiger partial charge in [0, 0.05) is 12.3 Å². The Labute approximate surface area is 84.3 Å². The number of anilines is 1. The molecule has 2 aromatic rings. The summed E-state index contributed by atoms with van der Waals surface area (Å²) in [7, 11) is 0. The van der Waals surface area contributed by atoms with Crippen molar-refractivity contribution >= 4 is 11.7 Å². The highest BCUT2D eigenvalue weighted by molar-refractivity contribution is 6.03. The topological polar surface area (TPSA) is 90.6 Å². The SMILES string of the molecule is O=C(Nc1ccn[nH]1)c1ccc[nH]c1=O. The predicted octanol–water partition coefficient (Wildman–Crippen LogP) is 0.350. The number of nitrogens with one attached hydrogen (secondary N) is 3. The Kier molecular flexibility index (Phi) is 2.32. The number of carbonyl (C=O) groups is 1. The highest BCUT2D eigenvalue weighted by Gasteiger charge is 2.09. The largest absolute Gasteiger partial charge is 0.328 e. The first-order valence-electron chi connectivity index (χ1n) is 4.26. The number of hydrogen-bond acceptors (Lipinski definition) is 3. The summed E-state index contributed by atoms with van der Waals surface area (Å²) in [6.45, 7) is 0. The normalized spacial score (nSPS) is 9.87. The molecule has 0 aliphatic rings. The lowest BCUT2D eigenvalue weighted by molar-refractivity contribution is 0.102. The molecule has 2 rings (SSSR count). The zero-order valence-electron chi connectivity index (χ0n) is 7.65. The number of H-pyrrole nitrogens is 2. The average molecular weight is 204 g/mol. The second kappa shape index (κ2) is 3.79. The zero-order valence-corrected chi connectivity index (χ0v) is 7.65. The second-order valence-electron chi connectivity index (χ2n) is 2.84. The van der Waals surface area contributed by atoms with Crippen molar-refractivity contribution < 1.29 is 4.79 Å². The molecule has 2 aromatic heterocycles. The van der Waals surface area contributed by atoms with E-state index in [1.54, 1.807) is 12.1 Å². The summed E-state index contributed by atoms with van der Waals surface area (Å²) in [5, 5.41) is 8.73. The van der Waals surface area contributed by atoms with E-state index in [4.69, 9.17) is 0 Å². The third-order valence-electron chi connectivity index (χ3n) is 1.81. The second-order valence-corrected chi connectivity index (χ2v) is 2.84. The van der Waals surface area contributed by atoms with Gasteiger partial charge in [-0.2, -0.15) is 5.10 Å². The molecule has 0 saturated heterocycles. The molecule has 0 aromatic carbocycles. The van der Waals surface area contributed by atoms with Crippen molar-refractivity contribution in [1.82, 2.24) is 15.2 Å². The number of amides is 1. The Morgan fingerprint density at radius 3 is 2.93 bits per heavy atom. The summed E-state index contributed by atoms with van der Waals surface area (Å²) in [5.41, 5.74) is -0.360. The highest BCUT2D eigenvalue weighted by Crippen LogP contribution is 2.00. The predicted molar refractivity (Wildman–Crippen MR) is 53.6 cm³/mol. The Balaban J connectivity index is 2.23. The first-order valence-corrected chi connectivity index (χ1v) is 4.26. The molecular weight excluding hydrogens is 196 g/mol. The Morgan fingerprint density at radius 2 is 2.27 bits per heavy atom. The summed E-state index contributed by atoms with van der Waals surface area (Å²) >= 11 is 0. The van der Waals surface area contributed by atoms with Crippen LogP contribution in [0.3, 0.4) is 0 Å². The zero-order chi connectivity index (χ0) is 10.7. The third-order valence-corrected chi connectivity index (χ3v) is 1.81. The molecule has 0 saturated carbocycles. The fourth-order valence-corrected chi connectivity index (χ4v) is 1.12. The van der Waals surface area contributed by atoms with Crippen molar-refractivity contribution in [2.75, 3.05) is 5.32 Å². The van der Waals surface area contributed by atoms with Gasteiger partial charge in [0.15, 0.2) is 0 Å². The molecule has 0 aliphatic carbocycles. The molecular formula is C9H8N4O2. The van der Waals surface area contributed by atoms with E-state index in [-0.39, 0.29) is 5.56 Å². The van der Waals surface area contributed by atoms with E-state index in [0.717, 1.165) is 0 Å². The number of hydrogen-bond donors (Lipinski definition) is 3. The van der Waals surface area contributed by atoms with E-state index in [1.165, 1.54) is 18.5 Å². The van der Waals surface area contributed by atoms with Gasteiger partial charge in [-0.3, -0.25) is 14.7 Å². The monoisotopic (exact) mass is 204 g/mol. The molecule has 0 unspecified atom stereocenters. The van der Waals surface area contributed by atoms with E-state index >= 15 is 0 Å². The van der Waals surface area contributed by atoms with Crippen LogP contribution in [0.1, 0.15) is 10.4 Å². The summed E-state index contributed by atoms with van der Waals surface area (Å²) in [6.07, 6.45) is 2.97. The molecule has 0 aliphatic heterocycles. The van der Waals surface area contributed by atoms with Crippen molar-refractivity contribution in [2.24, 2.45) is 0 Å². The Morgan fingerprint density at radius 1 is 1.40 bits per heavy atom. The van der Waals surface area contributed by atoms with E-state index in [1.807, 2.05) is 0 Å². The molecule has 0 fully saturated rings. The Hall–Kier alpha value is -2.37. The molecule has 6 heteroatoms. The van der Waals surface area contributed by atoms with Gasteiger partial charge in [0.05, 0.1) is 6.20 Å². The van der Waals surface area contributed by atoms with Crippen LogP contribution in [0.25, 0.3) is 0 Å². The molecule has 1 amide bonds. The summed E-state index contributed by atoms with van der Waals surface area (Å²) in [6, 6.07) is 4.63. The standard InChI is InChI=1S/C9H8N4O2/c14-8-6(2-1-4-10-8)9(15)12-7-3-5-11-13-7/h1-5H,(H,10,14)(H2,11,12,13,15). The molecule has 0 spiro atoms. The van der Waals surface area contributed by atoms with Crippen LogP contribution >= 0.6 is 0 Å². The van der Waals surface area contributed by atoms with Crippen LogP contribution in [0.5, 0.6) is 0 Å². The quantitative estimate of drug-likeness (QED) is 0.659. The van der Waals surface area contributed by atoms with Crippen molar-refractivity contribution in [1.29, 1.82) is 0 Å². The van der Waals surface area contributed by atoms with Crippen molar-refractivity contribution in [3.05, 3.63) is 46.5 Å². The molecule has 3 N–H and O–H groups in total. The number of rotatable bonds is 2. The third kappa shape index (κ3) is 1.93. The van der Waals surface area contributed by atoms with Crippen molar-refractivity contribution in [3.63, 3.8) is 0 Å². The first-order chi connectivity index (χ1) is 7.27. The van der Waals surface area contributed by atoms with Gasteiger partial charge in [0.2, 0.25) is 0 Å². The number of pyridine rings is 1. The van der Waals surface area contributed by atoms with E-state index < -0.39 is 11.5 Å². The lowest BCUT2D eigenvalue weighted by Crippen LogP contribution is -2.22. The van der Waals surface area contributed by atoms with Crippen LogP contribution in [-0.2, 0) is 0 Å². The van der Waals surface area contributed by atoms with E-state index in [9.17, 15) is 9.59 Å². The molecule has 6 nitrogen and oxygen atoms in total. The molecule has 0 radical (unpaired) electrons. The lowest BCUT2D eigenvalue weighted by Gasteiger charge is -2.00. The van der Waals surface area contributed by atoms with Gasteiger partial charge in [-0.05, 0) is 12.1 Å². The Bertz CT molecular complexity index is 515. The maximum Gasteiger partial charge on any atom is 0.262 e. The fourth-order valence-electron chi connectivity index (χ4n) is 1.12. The fraction of sp³-hybridized carbons (Fsp3) is 0. The molecule has 15 heavy (non-hydrogen) atoms. The maximum absolute atomic E-state index is 11.6.